The van der Waals surface area contributed by atoms with Crippen molar-refractivity contribution in [1.82, 2.24) is 15.1 Å². The standard InChI is InChI=1S/C23H35N3O4/c1-29-20-10-5-4-9-18(20)23(28)24-19-12-16-25(17-21(19)30-2)13-8-11-22(27)26-14-6-3-7-15-26/h4-5,9-10,19,21H,3,6-8,11-17H2,1-2H3,(H,24,28). The first-order valence-corrected chi connectivity index (χ1v) is 11.1. The van der Waals surface area contributed by atoms with E-state index in [2.05, 4.69) is 10.2 Å². The molecule has 2 amide bonds. The Balaban J connectivity index is 1.45. The number of nitrogens with zero attached hydrogens (tertiary/aromatic N) is 2. The number of ether oxygens (including phenoxy) is 2. The second kappa shape index (κ2) is 11.3. The van der Waals surface area contributed by atoms with Gasteiger partial charge in [-0.3, -0.25) is 9.59 Å². The Kier molecular flexibility index (Phi) is 8.51. The van der Waals surface area contributed by atoms with Gasteiger partial charge in [0.2, 0.25) is 5.91 Å². The van der Waals surface area contributed by atoms with Crippen LogP contribution in [0, 0.1) is 0 Å². The third-order valence-corrected chi connectivity index (χ3v) is 6.19. The summed E-state index contributed by atoms with van der Waals surface area (Å²) in [5.74, 6) is 0.719. The third kappa shape index (κ3) is 5.95. The van der Waals surface area contributed by atoms with E-state index in [0.29, 0.717) is 17.7 Å². The van der Waals surface area contributed by atoms with E-state index < -0.39 is 0 Å². The van der Waals surface area contributed by atoms with Crippen molar-refractivity contribution in [3.05, 3.63) is 29.8 Å². The van der Waals surface area contributed by atoms with E-state index >= 15 is 0 Å². The number of benzene rings is 1. The highest BCUT2D eigenvalue weighted by molar-refractivity contribution is 5.97. The van der Waals surface area contributed by atoms with Crippen molar-refractivity contribution in [1.29, 1.82) is 0 Å². The van der Waals surface area contributed by atoms with Gasteiger partial charge in [0, 0.05) is 39.7 Å². The van der Waals surface area contributed by atoms with E-state index in [4.69, 9.17) is 9.47 Å². The van der Waals surface area contributed by atoms with E-state index in [1.165, 1.54) is 6.42 Å². The molecule has 166 valence electrons. The van der Waals surface area contributed by atoms with Crippen molar-refractivity contribution in [2.45, 2.75) is 50.7 Å². The summed E-state index contributed by atoms with van der Waals surface area (Å²) in [4.78, 5) is 29.4. The van der Waals surface area contributed by atoms with Crippen molar-refractivity contribution in [3.8, 4) is 5.75 Å². The molecule has 0 bridgehead atoms. The highest BCUT2D eigenvalue weighted by Gasteiger charge is 2.31. The maximum absolute atomic E-state index is 12.7. The van der Waals surface area contributed by atoms with Gasteiger partial charge < -0.3 is 24.6 Å². The highest BCUT2D eigenvalue weighted by Crippen LogP contribution is 2.20. The summed E-state index contributed by atoms with van der Waals surface area (Å²) in [6.07, 6.45) is 5.73. The Hall–Kier alpha value is -2.12. The van der Waals surface area contributed by atoms with Crippen LogP contribution >= 0.6 is 0 Å². The summed E-state index contributed by atoms with van der Waals surface area (Å²) in [5.41, 5.74) is 0.536. The van der Waals surface area contributed by atoms with Crippen LogP contribution in [0.15, 0.2) is 24.3 Å². The molecule has 2 aliphatic rings. The fraction of sp³-hybridized carbons (Fsp3) is 0.652. The number of para-hydroxylation sites is 1. The maximum Gasteiger partial charge on any atom is 0.255 e. The van der Waals surface area contributed by atoms with Gasteiger partial charge in [0.15, 0.2) is 0 Å². The average Bonchev–Trinajstić information content (AvgIpc) is 2.80. The largest absolute Gasteiger partial charge is 0.496 e. The molecule has 1 N–H and O–H groups in total. The Morgan fingerprint density at radius 1 is 1.10 bits per heavy atom. The first-order valence-electron chi connectivity index (χ1n) is 11.1. The van der Waals surface area contributed by atoms with Crippen LogP contribution in [0.5, 0.6) is 5.75 Å². The third-order valence-electron chi connectivity index (χ3n) is 6.19. The Labute approximate surface area is 179 Å². The molecule has 0 spiro atoms. The molecule has 2 fully saturated rings. The normalized spacial score (nSPS) is 22.5. The molecule has 1 aromatic carbocycles. The van der Waals surface area contributed by atoms with Crippen molar-refractivity contribution in [2.75, 3.05) is 46.9 Å². The molecule has 2 aliphatic heterocycles. The SMILES string of the molecule is COc1ccccc1C(=O)NC1CCN(CCCC(=O)N2CCCCC2)CC1OC. The Morgan fingerprint density at radius 2 is 1.87 bits per heavy atom. The number of amides is 2. The molecule has 0 radical (unpaired) electrons. The lowest BCUT2D eigenvalue weighted by Gasteiger charge is -2.38. The Bertz CT molecular complexity index is 705. The van der Waals surface area contributed by atoms with Gasteiger partial charge in [-0.05, 0) is 50.8 Å². The fourth-order valence-corrected chi connectivity index (χ4v) is 4.42. The van der Waals surface area contributed by atoms with Gasteiger partial charge in [-0.25, -0.2) is 0 Å². The smallest absolute Gasteiger partial charge is 0.255 e. The molecular weight excluding hydrogens is 382 g/mol. The fourth-order valence-electron chi connectivity index (χ4n) is 4.42. The zero-order valence-corrected chi connectivity index (χ0v) is 18.3. The number of piperidine rings is 2. The van der Waals surface area contributed by atoms with Crippen LogP contribution in [0.25, 0.3) is 0 Å². The number of hydrogen-bond donors (Lipinski definition) is 1. The number of carbonyl (C=O) groups is 2. The van der Waals surface area contributed by atoms with E-state index in [1.807, 2.05) is 17.0 Å². The second-order valence-electron chi connectivity index (χ2n) is 8.19. The minimum Gasteiger partial charge on any atom is -0.496 e. The molecule has 3 rings (SSSR count). The number of nitrogens with one attached hydrogen (secondary N) is 1. The quantitative estimate of drug-likeness (QED) is 0.703. The van der Waals surface area contributed by atoms with Gasteiger partial charge in [-0.1, -0.05) is 12.1 Å². The summed E-state index contributed by atoms with van der Waals surface area (Å²) in [5, 5.41) is 3.12. The zero-order chi connectivity index (χ0) is 21.3. The molecule has 2 unspecified atom stereocenters. The minimum atomic E-state index is -0.139. The maximum atomic E-state index is 12.7. The van der Waals surface area contributed by atoms with Gasteiger partial charge in [0.25, 0.3) is 5.91 Å². The van der Waals surface area contributed by atoms with Crippen molar-refractivity contribution in [2.24, 2.45) is 0 Å². The van der Waals surface area contributed by atoms with Gasteiger partial charge in [-0.15, -0.1) is 0 Å². The van der Waals surface area contributed by atoms with E-state index in [-0.39, 0.29) is 24.0 Å². The minimum absolute atomic E-state index is 0.0429. The van der Waals surface area contributed by atoms with Crippen LogP contribution < -0.4 is 10.1 Å². The zero-order valence-electron chi connectivity index (χ0n) is 18.3. The topological polar surface area (TPSA) is 71.1 Å². The van der Waals surface area contributed by atoms with Gasteiger partial charge in [-0.2, -0.15) is 0 Å². The molecule has 1 aromatic rings. The highest BCUT2D eigenvalue weighted by atomic mass is 16.5. The van der Waals surface area contributed by atoms with Crippen molar-refractivity contribution in [3.63, 3.8) is 0 Å². The number of rotatable bonds is 8. The molecule has 30 heavy (non-hydrogen) atoms. The lowest BCUT2D eigenvalue weighted by atomic mass is 10.0. The predicted molar refractivity (Wildman–Crippen MR) is 116 cm³/mol. The molecule has 0 aromatic heterocycles. The number of carbonyl (C=O) groups excluding carboxylic acids is 2. The lowest BCUT2D eigenvalue weighted by Crippen LogP contribution is -2.55. The molecule has 2 atom stereocenters. The summed E-state index contributed by atoms with van der Waals surface area (Å²) >= 11 is 0. The monoisotopic (exact) mass is 417 g/mol. The summed E-state index contributed by atoms with van der Waals surface area (Å²) < 4.78 is 11.0. The van der Waals surface area contributed by atoms with Crippen LogP contribution in [0.3, 0.4) is 0 Å². The average molecular weight is 418 g/mol. The first-order chi connectivity index (χ1) is 14.6. The molecule has 2 saturated heterocycles. The number of likely N-dealkylation sites (tertiary alicyclic amines) is 2. The van der Waals surface area contributed by atoms with E-state index in [9.17, 15) is 9.59 Å². The van der Waals surface area contributed by atoms with Crippen LogP contribution in [0.1, 0.15) is 48.9 Å². The van der Waals surface area contributed by atoms with Crippen LogP contribution in [0.4, 0.5) is 0 Å². The number of methoxy groups -OCH3 is 2. The van der Waals surface area contributed by atoms with Crippen LogP contribution in [-0.4, -0.2) is 80.7 Å². The van der Waals surface area contributed by atoms with Gasteiger partial charge in [0.1, 0.15) is 5.75 Å². The molecule has 7 heteroatoms. The van der Waals surface area contributed by atoms with Crippen LogP contribution in [0.2, 0.25) is 0 Å². The Morgan fingerprint density at radius 3 is 2.60 bits per heavy atom. The van der Waals surface area contributed by atoms with Crippen molar-refractivity contribution < 1.29 is 19.1 Å². The lowest BCUT2D eigenvalue weighted by molar-refractivity contribution is -0.132. The van der Waals surface area contributed by atoms with Gasteiger partial charge >= 0.3 is 0 Å². The van der Waals surface area contributed by atoms with E-state index in [0.717, 1.165) is 58.4 Å². The van der Waals surface area contributed by atoms with Gasteiger partial charge in [0.05, 0.1) is 24.8 Å². The predicted octanol–water partition coefficient (Wildman–Crippen LogP) is 2.31. The molecule has 0 saturated carbocycles. The molecular formula is C23H35N3O4. The summed E-state index contributed by atoms with van der Waals surface area (Å²) in [6.45, 7) is 4.36. The second-order valence-corrected chi connectivity index (χ2v) is 8.19. The summed E-state index contributed by atoms with van der Waals surface area (Å²) in [7, 11) is 3.26. The van der Waals surface area contributed by atoms with Crippen LogP contribution in [-0.2, 0) is 9.53 Å². The summed E-state index contributed by atoms with van der Waals surface area (Å²) in [6, 6.07) is 7.20. The van der Waals surface area contributed by atoms with E-state index in [1.54, 1.807) is 26.4 Å². The number of hydrogen-bond acceptors (Lipinski definition) is 5. The first kappa shape index (κ1) is 22.6. The molecule has 2 heterocycles. The van der Waals surface area contributed by atoms with Crippen molar-refractivity contribution >= 4 is 11.8 Å². The molecule has 7 nitrogen and oxygen atoms in total. The molecule has 0 aliphatic carbocycles.